The number of carboxylic acid groups (broad SMARTS) is 1. The van der Waals surface area contributed by atoms with Gasteiger partial charge in [0.25, 0.3) is 11.5 Å². The van der Waals surface area contributed by atoms with Gasteiger partial charge in [-0.05, 0) is 18.2 Å². The van der Waals surface area contributed by atoms with Crippen LogP contribution in [0.5, 0.6) is 0 Å². The summed E-state index contributed by atoms with van der Waals surface area (Å²) in [5.74, 6) is -1.47. The first-order chi connectivity index (χ1) is 9.95. The maximum atomic E-state index is 11.9. The molecule has 21 heavy (non-hydrogen) atoms. The number of rotatable bonds is 4. The van der Waals surface area contributed by atoms with Crippen molar-refractivity contribution in [1.82, 2.24) is 14.8 Å². The normalized spacial score (nSPS) is 10.1. The second-order valence-corrected chi connectivity index (χ2v) is 4.24. The zero-order valence-corrected chi connectivity index (χ0v) is 11.1. The van der Waals surface area contributed by atoms with E-state index in [-0.39, 0.29) is 17.7 Å². The fraction of sp³-hybridized carbons (Fsp3) is 0.154. The maximum absolute atomic E-state index is 11.9. The Hall–Kier alpha value is -3.03. The van der Waals surface area contributed by atoms with Crippen LogP contribution in [0.4, 0.5) is 5.69 Å². The number of amides is 1. The first-order valence-electron chi connectivity index (χ1n) is 5.98. The predicted molar refractivity (Wildman–Crippen MR) is 73.0 cm³/mol. The molecule has 0 aliphatic carbocycles. The highest BCUT2D eigenvalue weighted by atomic mass is 16.4. The second-order valence-electron chi connectivity index (χ2n) is 4.24. The molecule has 0 spiro atoms. The lowest BCUT2D eigenvalue weighted by Gasteiger charge is -2.05. The van der Waals surface area contributed by atoms with Crippen LogP contribution in [-0.4, -0.2) is 31.7 Å². The van der Waals surface area contributed by atoms with Crippen molar-refractivity contribution in [3.05, 3.63) is 52.2 Å². The molecule has 2 N–H and O–H groups in total. The Morgan fingerprint density at radius 3 is 2.62 bits per heavy atom. The average Bonchev–Trinajstić information content (AvgIpc) is 2.43. The van der Waals surface area contributed by atoms with E-state index in [2.05, 4.69) is 15.4 Å². The minimum atomic E-state index is -0.978. The van der Waals surface area contributed by atoms with Gasteiger partial charge >= 0.3 is 5.97 Å². The van der Waals surface area contributed by atoms with Crippen molar-refractivity contribution >= 4 is 17.6 Å². The molecule has 2 heterocycles. The second kappa shape index (κ2) is 5.95. The summed E-state index contributed by atoms with van der Waals surface area (Å²) < 4.78 is 1.06. The molecule has 0 radical (unpaired) electrons. The summed E-state index contributed by atoms with van der Waals surface area (Å²) in [5, 5.41) is 15.0. The van der Waals surface area contributed by atoms with Gasteiger partial charge in [-0.15, -0.1) is 0 Å². The third kappa shape index (κ3) is 3.72. The van der Waals surface area contributed by atoms with Crippen molar-refractivity contribution in [3.8, 4) is 0 Å². The van der Waals surface area contributed by atoms with Crippen LogP contribution >= 0.6 is 0 Å². The Morgan fingerprint density at radius 1 is 1.29 bits per heavy atom. The van der Waals surface area contributed by atoms with Crippen molar-refractivity contribution in [2.24, 2.45) is 7.05 Å². The lowest BCUT2D eigenvalue weighted by molar-refractivity contribution is -0.136. The standard InChI is InChI=1S/C13H12N4O4/c1-17-11(18)5-4-10(16-17)13(21)15-9-3-2-8(14-7-9)6-12(19)20/h2-5,7H,6H2,1H3,(H,15,21)(H,19,20). The molecule has 0 saturated carbocycles. The van der Waals surface area contributed by atoms with Gasteiger partial charge in [-0.1, -0.05) is 0 Å². The highest BCUT2D eigenvalue weighted by Gasteiger charge is 2.09. The molecule has 0 aliphatic rings. The fourth-order valence-electron chi connectivity index (χ4n) is 1.58. The largest absolute Gasteiger partial charge is 0.481 e. The molecule has 0 unspecified atom stereocenters. The number of aromatic nitrogens is 3. The molecular weight excluding hydrogens is 276 g/mol. The lowest BCUT2D eigenvalue weighted by Crippen LogP contribution is -2.23. The van der Waals surface area contributed by atoms with E-state index in [4.69, 9.17) is 5.11 Å². The Balaban J connectivity index is 2.10. The number of hydrogen-bond donors (Lipinski definition) is 2. The smallest absolute Gasteiger partial charge is 0.309 e. The van der Waals surface area contributed by atoms with E-state index in [1.54, 1.807) is 6.07 Å². The maximum Gasteiger partial charge on any atom is 0.309 e. The van der Waals surface area contributed by atoms with Gasteiger partial charge in [0.2, 0.25) is 0 Å². The number of hydrogen-bond acceptors (Lipinski definition) is 5. The van der Waals surface area contributed by atoms with E-state index in [0.717, 1.165) is 4.68 Å². The summed E-state index contributed by atoms with van der Waals surface area (Å²) in [6.07, 6.45) is 1.18. The summed E-state index contributed by atoms with van der Waals surface area (Å²) in [4.78, 5) is 37.6. The highest BCUT2D eigenvalue weighted by molar-refractivity contribution is 6.02. The molecule has 108 valence electrons. The zero-order valence-electron chi connectivity index (χ0n) is 11.1. The lowest BCUT2D eigenvalue weighted by atomic mass is 10.2. The van der Waals surface area contributed by atoms with Crippen molar-refractivity contribution in [2.75, 3.05) is 5.32 Å². The first kappa shape index (κ1) is 14.4. The molecule has 0 bridgehead atoms. The van der Waals surface area contributed by atoms with E-state index >= 15 is 0 Å². The van der Waals surface area contributed by atoms with Gasteiger partial charge in [0.05, 0.1) is 24.0 Å². The third-order valence-corrected chi connectivity index (χ3v) is 2.61. The Labute approximate surface area is 119 Å². The monoisotopic (exact) mass is 288 g/mol. The fourth-order valence-corrected chi connectivity index (χ4v) is 1.58. The molecule has 0 saturated heterocycles. The number of anilines is 1. The first-order valence-corrected chi connectivity index (χ1v) is 5.98. The van der Waals surface area contributed by atoms with Crippen LogP contribution in [0.2, 0.25) is 0 Å². The summed E-state index contributed by atoms with van der Waals surface area (Å²) in [6.45, 7) is 0. The molecule has 2 aromatic rings. The van der Waals surface area contributed by atoms with Gasteiger partial charge < -0.3 is 10.4 Å². The van der Waals surface area contributed by atoms with Gasteiger partial charge in [0, 0.05) is 13.1 Å². The van der Waals surface area contributed by atoms with Crippen molar-refractivity contribution in [1.29, 1.82) is 0 Å². The molecule has 0 atom stereocenters. The molecule has 8 nitrogen and oxygen atoms in total. The summed E-state index contributed by atoms with van der Waals surface area (Å²) >= 11 is 0. The zero-order chi connectivity index (χ0) is 15.4. The topological polar surface area (TPSA) is 114 Å². The molecule has 0 fully saturated rings. The minimum absolute atomic E-state index is 0.0895. The molecule has 8 heteroatoms. The van der Waals surface area contributed by atoms with E-state index < -0.39 is 11.9 Å². The van der Waals surface area contributed by atoms with Crippen LogP contribution in [0, 0.1) is 0 Å². The van der Waals surface area contributed by atoms with Gasteiger partial charge in [-0.25, -0.2) is 4.68 Å². The Morgan fingerprint density at radius 2 is 2.05 bits per heavy atom. The van der Waals surface area contributed by atoms with Crippen LogP contribution in [0.3, 0.4) is 0 Å². The van der Waals surface area contributed by atoms with Gasteiger partial charge in [0.15, 0.2) is 0 Å². The number of carbonyl (C=O) groups is 2. The predicted octanol–water partition coefficient (Wildman–Crippen LogP) is 0.0547. The Kier molecular flexibility index (Phi) is 4.07. The van der Waals surface area contributed by atoms with Gasteiger partial charge in [-0.2, -0.15) is 5.10 Å². The van der Waals surface area contributed by atoms with Gasteiger partial charge in [0.1, 0.15) is 5.69 Å². The number of pyridine rings is 1. The van der Waals surface area contributed by atoms with E-state index in [0.29, 0.717) is 11.4 Å². The van der Waals surface area contributed by atoms with E-state index in [1.807, 2.05) is 0 Å². The summed E-state index contributed by atoms with van der Waals surface area (Å²) in [7, 11) is 1.45. The van der Waals surface area contributed by atoms with Gasteiger partial charge in [-0.3, -0.25) is 19.4 Å². The molecule has 1 amide bonds. The van der Waals surface area contributed by atoms with Crippen LogP contribution in [-0.2, 0) is 18.3 Å². The van der Waals surface area contributed by atoms with E-state index in [1.165, 1.54) is 31.4 Å². The van der Waals surface area contributed by atoms with Crippen LogP contribution in [0.15, 0.2) is 35.3 Å². The summed E-state index contributed by atoms with van der Waals surface area (Å²) in [6, 6.07) is 5.63. The van der Waals surface area contributed by atoms with Crippen LogP contribution in [0.1, 0.15) is 16.2 Å². The molecule has 0 aliphatic heterocycles. The number of carboxylic acids is 1. The van der Waals surface area contributed by atoms with E-state index in [9.17, 15) is 14.4 Å². The van der Waals surface area contributed by atoms with Crippen LogP contribution < -0.4 is 10.9 Å². The molecule has 2 aromatic heterocycles. The van der Waals surface area contributed by atoms with Crippen LogP contribution in [0.25, 0.3) is 0 Å². The Bertz CT molecular complexity index is 737. The van der Waals surface area contributed by atoms with Crippen molar-refractivity contribution < 1.29 is 14.7 Å². The average molecular weight is 288 g/mol. The SMILES string of the molecule is Cn1nc(C(=O)Nc2ccc(CC(=O)O)nc2)ccc1=O. The van der Waals surface area contributed by atoms with Crippen molar-refractivity contribution in [3.63, 3.8) is 0 Å². The number of aryl methyl sites for hydroxylation is 1. The highest BCUT2D eigenvalue weighted by Crippen LogP contribution is 2.08. The minimum Gasteiger partial charge on any atom is -0.481 e. The van der Waals surface area contributed by atoms with Crippen molar-refractivity contribution in [2.45, 2.75) is 6.42 Å². The third-order valence-electron chi connectivity index (χ3n) is 2.61. The number of nitrogens with one attached hydrogen (secondary N) is 1. The molecular formula is C13H12N4O4. The molecule has 2 rings (SSSR count). The number of aliphatic carboxylic acids is 1. The summed E-state index contributed by atoms with van der Waals surface area (Å²) in [5.41, 5.74) is 0.573. The number of nitrogens with zero attached hydrogens (tertiary/aromatic N) is 3. The molecule has 0 aromatic carbocycles. The number of carbonyl (C=O) groups excluding carboxylic acids is 1. The quantitative estimate of drug-likeness (QED) is 0.822.